The van der Waals surface area contributed by atoms with Gasteiger partial charge in [0.25, 0.3) is 5.91 Å². The number of allylic oxidation sites excluding steroid dienone is 4. The van der Waals surface area contributed by atoms with E-state index in [2.05, 4.69) is 66.6 Å². The predicted molar refractivity (Wildman–Crippen MR) is 158 cm³/mol. The summed E-state index contributed by atoms with van der Waals surface area (Å²) in [6, 6.07) is 9.99. The van der Waals surface area contributed by atoms with E-state index in [9.17, 15) is 14.4 Å². The van der Waals surface area contributed by atoms with Crippen LogP contribution in [0.4, 0.5) is 0 Å². The Morgan fingerprint density at radius 2 is 1.79 bits per heavy atom. The summed E-state index contributed by atoms with van der Waals surface area (Å²) < 4.78 is 5.85. The molecule has 0 bridgehead atoms. The van der Waals surface area contributed by atoms with Crippen LogP contribution in [-0.2, 0) is 25.5 Å². The van der Waals surface area contributed by atoms with Gasteiger partial charge in [-0.05, 0) is 70.8 Å². The first-order chi connectivity index (χ1) is 18.8. The number of ether oxygens (including phenoxy) is 1. The number of carbonyl (C=O) groups excluding carboxylic acids is 3. The summed E-state index contributed by atoms with van der Waals surface area (Å²) in [5, 5.41) is 6.16. The number of rotatable bonds is 17. The summed E-state index contributed by atoms with van der Waals surface area (Å²) in [7, 11) is 0. The standard InChI is InChI=1S/C33H48N2O4/c1-6-14-25(8-3)17-12-19-27(20-13-18-26-15-10-9-11-16-26)34-32(37)29-22-28(39-21-7-2)23-30(29)35-33(38)31(36)24(4)5/h6-11,14-16,24,27-30H,2,12-13,17-23H2,1,3-5H3,(H,34,37)(H,35,38)/b14-6-,25-8+/t27?,28-,29?,30-/m1/s1. The third-order valence-corrected chi connectivity index (χ3v) is 7.35. The summed E-state index contributed by atoms with van der Waals surface area (Å²) in [6.45, 7) is 11.6. The maximum absolute atomic E-state index is 13.6. The molecule has 0 radical (unpaired) electrons. The number of hydrogen-bond donors (Lipinski definition) is 2. The summed E-state index contributed by atoms with van der Waals surface area (Å²) in [6.07, 6.45) is 14.4. The van der Waals surface area contributed by atoms with Crippen LogP contribution in [0.25, 0.3) is 0 Å². The number of hydrogen-bond acceptors (Lipinski definition) is 4. The van der Waals surface area contributed by atoms with Crippen molar-refractivity contribution in [3.05, 3.63) is 72.4 Å². The van der Waals surface area contributed by atoms with Crippen LogP contribution in [0.1, 0.15) is 78.2 Å². The quantitative estimate of drug-likeness (QED) is 0.148. The molecule has 2 amide bonds. The summed E-state index contributed by atoms with van der Waals surface area (Å²) in [5.74, 6) is -2.02. The van der Waals surface area contributed by atoms with Crippen molar-refractivity contribution in [1.82, 2.24) is 10.6 Å². The first kappa shape index (κ1) is 32.2. The number of Topliss-reactive ketones (excluding diaryl/α,β-unsaturated/α-hetero) is 1. The third-order valence-electron chi connectivity index (χ3n) is 7.35. The zero-order valence-corrected chi connectivity index (χ0v) is 24.3. The Morgan fingerprint density at radius 3 is 2.44 bits per heavy atom. The lowest BCUT2D eigenvalue weighted by Crippen LogP contribution is -2.48. The lowest BCUT2D eigenvalue weighted by molar-refractivity contribution is -0.140. The molecule has 0 aliphatic heterocycles. The summed E-state index contributed by atoms with van der Waals surface area (Å²) in [5.41, 5.74) is 2.59. The number of benzene rings is 1. The van der Waals surface area contributed by atoms with Crippen LogP contribution >= 0.6 is 0 Å². The largest absolute Gasteiger partial charge is 0.374 e. The zero-order chi connectivity index (χ0) is 28.6. The predicted octanol–water partition coefficient (Wildman–Crippen LogP) is 5.88. The molecule has 0 heterocycles. The lowest BCUT2D eigenvalue weighted by atomic mass is 9.96. The fourth-order valence-corrected chi connectivity index (χ4v) is 5.17. The molecule has 2 rings (SSSR count). The van der Waals surface area contributed by atoms with E-state index in [-0.39, 0.29) is 18.1 Å². The van der Waals surface area contributed by atoms with Gasteiger partial charge in [0, 0.05) is 18.0 Å². The van der Waals surface area contributed by atoms with Crippen LogP contribution in [0.15, 0.2) is 66.8 Å². The third kappa shape index (κ3) is 11.3. The molecule has 6 heteroatoms. The van der Waals surface area contributed by atoms with Gasteiger partial charge < -0.3 is 15.4 Å². The van der Waals surface area contributed by atoms with Crippen molar-refractivity contribution in [2.24, 2.45) is 11.8 Å². The van der Waals surface area contributed by atoms with Crippen molar-refractivity contribution < 1.29 is 19.1 Å². The molecule has 2 unspecified atom stereocenters. The van der Waals surface area contributed by atoms with Crippen LogP contribution in [0.3, 0.4) is 0 Å². The smallest absolute Gasteiger partial charge is 0.287 e. The summed E-state index contributed by atoms with van der Waals surface area (Å²) in [4.78, 5) is 38.4. The van der Waals surface area contributed by atoms with E-state index in [0.717, 1.165) is 38.5 Å². The minimum Gasteiger partial charge on any atom is -0.374 e. The van der Waals surface area contributed by atoms with Gasteiger partial charge in [-0.2, -0.15) is 0 Å². The van der Waals surface area contributed by atoms with Crippen molar-refractivity contribution in [2.75, 3.05) is 6.61 Å². The number of aryl methyl sites for hydroxylation is 1. The van der Waals surface area contributed by atoms with Crippen molar-refractivity contribution >= 4 is 17.6 Å². The fourth-order valence-electron chi connectivity index (χ4n) is 5.17. The van der Waals surface area contributed by atoms with Gasteiger partial charge >= 0.3 is 0 Å². The highest BCUT2D eigenvalue weighted by atomic mass is 16.5. The van der Waals surface area contributed by atoms with Crippen molar-refractivity contribution in [3.8, 4) is 0 Å². The Hall–Kier alpha value is -2.99. The van der Waals surface area contributed by atoms with Gasteiger partial charge in [0.2, 0.25) is 11.7 Å². The SMILES string of the molecule is C=CCO[C@@H]1CC(C(=O)NC(CCCC(/C=C\C)=C/C)CCCc2ccccc2)[C@H](NC(=O)C(=O)C(C)C)C1. The summed E-state index contributed by atoms with van der Waals surface area (Å²) >= 11 is 0. The first-order valence-corrected chi connectivity index (χ1v) is 14.5. The number of ketones is 1. The zero-order valence-electron chi connectivity index (χ0n) is 24.3. The number of nitrogens with one attached hydrogen (secondary N) is 2. The molecule has 1 saturated carbocycles. The van der Waals surface area contributed by atoms with Crippen molar-refractivity contribution in [1.29, 1.82) is 0 Å². The van der Waals surface area contributed by atoms with Crippen LogP contribution in [0.2, 0.25) is 0 Å². The fraction of sp³-hybridized carbons (Fsp3) is 0.545. The second-order valence-electron chi connectivity index (χ2n) is 10.8. The van der Waals surface area contributed by atoms with E-state index < -0.39 is 29.6 Å². The van der Waals surface area contributed by atoms with Crippen LogP contribution in [0, 0.1) is 11.8 Å². The van der Waals surface area contributed by atoms with Gasteiger partial charge in [-0.15, -0.1) is 6.58 Å². The average Bonchev–Trinajstić information content (AvgIpc) is 3.33. The average molecular weight is 537 g/mol. The molecule has 39 heavy (non-hydrogen) atoms. The highest BCUT2D eigenvalue weighted by Gasteiger charge is 2.41. The number of carbonyl (C=O) groups is 3. The van der Waals surface area contributed by atoms with Crippen LogP contribution in [0.5, 0.6) is 0 Å². The van der Waals surface area contributed by atoms with Gasteiger partial charge in [-0.3, -0.25) is 14.4 Å². The maximum Gasteiger partial charge on any atom is 0.287 e. The molecule has 1 aliphatic rings. The van der Waals surface area contributed by atoms with E-state index in [1.54, 1.807) is 19.9 Å². The molecule has 1 aromatic rings. The Morgan fingerprint density at radius 1 is 1.08 bits per heavy atom. The van der Waals surface area contributed by atoms with Crippen molar-refractivity contribution in [3.63, 3.8) is 0 Å². The molecule has 1 aromatic carbocycles. The first-order valence-electron chi connectivity index (χ1n) is 14.5. The Labute approximate surface area is 235 Å². The van der Waals surface area contributed by atoms with E-state index in [4.69, 9.17) is 4.74 Å². The molecule has 0 aromatic heterocycles. The molecule has 4 atom stereocenters. The highest BCUT2D eigenvalue weighted by Crippen LogP contribution is 2.29. The van der Waals surface area contributed by atoms with Crippen LogP contribution in [-0.4, -0.2) is 42.4 Å². The van der Waals surface area contributed by atoms with Crippen molar-refractivity contribution in [2.45, 2.75) is 97.2 Å². The van der Waals surface area contributed by atoms with E-state index in [0.29, 0.717) is 19.4 Å². The van der Waals surface area contributed by atoms with Gasteiger partial charge in [0.15, 0.2) is 0 Å². The monoisotopic (exact) mass is 536 g/mol. The Balaban J connectivity index is 2.09. The Bertz CT molecular complexity index is 983. The molecule has 1 aliphatic carbocycles. The molecule has 1 fully saturated rings. The second kappa shape index (κ2) is 17.6. The topological polar surface area (TPSA) is 84.5 Å². The maximum atomic E-state index is 13.6. The molecule has 214 valence electrons. The highest BCUT2D eigenvalue weighted by molar-refractivity contribution is 6.36. The molecule has 6 nitrogen and oxygen atoms in total. The Kier molecular flexibility index (Phi) is 14.5. The minimum atomic E-state index is -0.626. The molecular formula is C33H48N2O4. The van der Waals surface area contributed by atoms with Crippen LogP contribution < -0.4 is 10.6 Å². The van der Waals surface area contributed by atoms with Gasteiger partial charge in [0.05, 0.1) is 18.6 Å². The van der Waals surface area contributed by atoms with E-state index in [1.165, 1.54) is 11.1 Å². The number of amides is 2. The van der Waals surface area contributed by atoms with Gasteiger partial charge in [0.1, 0.15) is 0 Å². The van der Waals surface area contributed by atoms with E-state index >= 15 is 0 Å². The molecule has 2 N–H and O–H groups in total. The molecule has 0 saturated heterocycles. The van der Waals surface area contributed by atoms with Gasteiger partial charge in [-0.25, -0.2) is 0 Å². The molecule has 0 spiro atoms. The molecular weight excluding hydrogens is 488 g/mol. The normalized spacial score (nSPS) is 20.2. The second-order valence-corrected chi connectivity index (χ2v) is 10.8. The minimum absolute atomic E-state index is 0.0340. The van der Waals surface area contributed by atoms with E-state index in [1.807, 2.05) is 13.0 Å². The lowest BCUT2D eigenvalue weighted by Gasteiger charge is -2.25. The van der Waals surface area contributed by atoms with Gasteiger partial charge in [-0.1, -0.05) is 74.1 Å².